The summed E-state index contributed by atoms with van der Waals surface area (Å²) >= 11 is 0. The van der Waals surface area contributed by atoms with E-state index in [1.54, 1.807) is 24.3 Å². The van der Waals surface area contributed by atoms with Crippen molar-refractivity contribution in [2.24, 2.45) is 0 Å². The number of hydrogen-bond acceptors (Lipinski definition) is 3. The molecule has 0 aliphatic carbocycles. The molecule has 0 radical (unpaired) electrons. The Kier molecular flexibility index (Phi) is 4.93. The second kappa shape index (κ2) is 7.31. The Hall–Kier alpha value is -3.28. The third-order valence-electron chi connectivity index (χ3n) is 3.47. The molecule has 0 amide bonds. The van der Waals surface area contributed by atoms with Crippen LogP contribution in [0.2, 0.25) is 0 Å². The van der Waals surface area contributed by atoms with Crippen LogP contribution in [-0.4, -0.2) is 5.78 Å². The first kappa shape index (κ1) is 17.5. The molecule has 26 heavy (non-hydrogen) atoms. The summed E-state index contributed by atoms with van der Waals surface area (Å²) in [5.74, 6) is 0.918. The van der Waals surface area contributed by atoms with Gasteiger partial charge in [0.15, 0.2) is 5.78 Å². The molecule has 3 aromatic rings. The number of carbonyl (C=O) groups is 1. The topological polar surface area (TPSA) is 43.4 Å². The molecule has 0 aliphatic heterocycles. The standard InChI is InChI=1S/C20H13F3O3/c21-20(22,23)15-4-1-3-14(13-15)19-11-10-18(26-19)9-7-16(24)6-8-17-5-2-12-25-17/h1-13H. The molecular formula is C20H13F3O3. The Morgan fingerprint density at radius 3 is 2.38 bits per heavy atom. The number of benzene rings is 1. The maximum Gasteiger partial charge on any atom is 0.416 e. The summed E-state index contributed by atoms with van der Waals surface area (Å²) in [4.78, 5) is 11.8. The van der Waals surface area contributed by atoms with Crippen molar-refractivity contribution in [3.8, 4) is 11.3 Å². The Morgan fingerprint density at radius 1 is 0.923 bits per heavy atom. The van der Waals surface area contributed by atoms with E-state index in [4.69, 9.17) is 8.83 Å². The minimum atomic E-state index is -4.42. The lowest BCUT2D eigenvalue weighted by Crippen LogP contribution is -2.04. The highest BCUT2D eigenvalue weighted by Crippen LogP contribution is 2.32. The van der Waals surface area contributed by atoms with Crippen molar-refractivity contribution in [2.75, 3.05) is 0 Å². The number of halogens is 3. The number of carbonyl (C=O) groups excluding carboxylic acids is 1. The molecule has 0 fully saturated rings. The van der Waals surface area contributed by atoms with Gasteiger partial charge in [0.25, 0.3) is 0 Å². The van der Waals surface area contributed by atoms with E-state index < -0.39 is 11.7 Å². The van der Waals surface area contributed by atoms with Crippen LogP contribution >= 0.6 is 0 Å². The van der Waals surface area contributed by atoms with Crippen LogP contribution in [0.25, 0.3) is 23.5 Å². The van der Waals surface area contributed by atoms with Crippen molar-refractivity contribution in [1.29, 1.82) is 0 Å². The van der Waals surface area contributed by atoms with Crippen molar-refractivity contribution in [3.63, 3.8) is 0 Å². The van der Waals surface area contributed by atoms with Gasteiger partial charge in [-0.3, -0.25) is 4.79 Å². The minimum Gasteiger partial charge on any atom is -0.465 e. The van der Waals surface area contributed by atoms with Gasteiger partial charge in [0.2, 0.25) is 0 Å². The Labute approximate surface area is 147 Å². The van der Waals surface area contributed by atoms with Crippen LogP contribution in [0.3, 0.4) is 0 Å². The molecule has 3 nitrogen and oxygen atoms in total. The molecular weight excluding hydrogens is 345 g/mol. The Morgan fingerprint density at radius 2 is 1.69 bits per heavy atom. The molecule has 0 saturated carbocycles. The molecule has 2 aromatic heterocycles. The van der Waals surface area contributed by atoms with Gasteiger partial charge in [-0.25, -0.2) is 0 Å². The first-order valence-corrected chi connectivity index (χ1v) is 7.63. The van der Waals surface area contributed by atoms with E-state index in [2.05, 4.69) is 0 Å². The molecule has 3 rings (SSSR count). The summed E-state index contributed by atoms with van der Waals surface area (Å²) in [5, 5.41) is 0. The Balaban J connectivity index is 1.71. The normalized spacial score (nSPS) is 12.3. The fraction of sp³-hybridized carbons (Fsp3) is 0.0500. The summed E-state index contributed by atoms with van der Waals surface area (Å²) in [7, 11) is 0. The molecule has 1 aromatic carbocycles. The largest absolute Gasteiger partial charge is 0.465 e. The zero-order valence-electron chi connectivity index (χ0n) is 13.4. The monoisotopic (exact) mass is 358 g/mol. The van der Waals surface area contributed by atoms with Crippen LogP contribution in [0, 0.1) is 0 Å². The fourth-order valence-corrected chi connectivity index (χ4v) is 2.22. The molecule has 0 spiro atoms. The summed E-state index contributed by atoms with van der Waals surface area (Å²) < 4.78 is 48.9. The van der Waals surface area contributed by atoms with E-state index in [-0.39, 0.29) is 11.5 Å². The summed E-state index contributed by atoms with van der Waals surface area (Å²) in [5.41, 5.74) is -0.440. The van der Waals surface area contributed by atoms with Gasteiger partial charge in [-0.1, -0.05) is 12.1 Å². The van der Waals surface area contributed by atoms with Crippen molar-refractivity contribution in [1.82, 2.24) is 0 Å². The van der Waals surface area contributed by atoms with Crippen molar-refractivity contribution < 1.29 is 26.8 Å². The zero-order chi connectivity index (χ0) is 18.6. The van der Waals surface area contributed by atoms with Crippen LogP contribution in [0.4, 0.5) is 13.2 Å². The molecule has 0 aliphatic rings. The van der Waals surface area contributed by atoms with Crippen molar-refractivity contribution >= 4 is 17.9 Å². The molecule has 0 bridgehead atoms. The van der Waals surface area contributed by atoms with Gasteiger partial charge in [0.1, 0.15) is 17.3 Å². The molecule has 0 saturated heterocycles. The van der Waals surface area contributed by atoms with Gasteiger partial charge in [-0.05, 0) is 60.7 Å². The average Bonchev–Trinajstić information content (AvgIpc) is 3.29. The van der Waals surface area contributed by atoms with Gasteiger partial charge in [-0.2, -0.15) is 13.2 Å². The first-order chi connectivity index (χ1) is 12.4. The fourth-order valence-electron chi connectivity index (χ4n) is 2.22. The third-order valence-corrected chi connectivity index (χ3v) is 3.47. The number of rotatable bonds is 5. The number of hydrogen-bond donors (Lipinski definition) is 0. The van der Waals surface area contributed by atoms with Gasteiger partial charge >= 0.3 is 6.18 Å². The second-order valence-electron chi connectivity index (χ2n) is 5.37. The SMILES string of the molecule is O=C(C=Cc1ccco1)C=Cc1ccc(-c2cccc(C(F)(F)F)c2)o1. The molecule has 2 heterocycles. The summed E-state index contributed by atoms with van der Waals surface area (Å²) in [6.07, 6.45) is 2.70. The van der Waals surface area contributed by atoms with E-state index >= 15 is 0 Å². The molecule has 0 N–H and O–H groups in total. The maximum atomic E-state index is 12.8. The lowest BCUT2D eigenvalue weighted by molar-refractivity contribution is -0.137. The minimum absolute atomic E-state index is 0.279. The van der Waals surface area contributed by atoms with Gasteiger partial charge in [0, 0.05) is 5.56 Å². The zero-order valence-corrected chi connectivity index (χ0v) is 13.4. The number of furan rings is 2. The van der Waals surface area contributed by atoms with Crippen LogP contribution in [0.1, 0.15) is 17.1 Å². The lowest BCUT2D eigenvalue weighted by Gasteiger charge is -2.07. The van der Waals surface area contributed by atoms with Gasteiger partial charge in [0.05, 0.1) is 11.8 Å². The molecule has 6 heteroatoms. The predicted octanol–water partition coefficient (Wildman–Crippen LogP) is 5.85. The van der Waals surface area contributed by atoms with Crippen molar-refractivity contribution in [3.05, 3.63) is 84.0 Å². The molecule has 132 valence electrons. The van der Waals surface area contributed by atoms with Gasteiger partial charge < -0.3 is 8.83 Å². The second-order valence-corrected chi connectivity index (χ2v) is 5.37. The molecule has 0 atom stereocenters. The number of alkyl halides is 3. The third kappa shape index (κ3) is 4.42. The number of ketones is 1. The quantitative estimate of drug-likeness (QED) is 0.537. The highest BCUT2D eigenvalue weighted by Gasteiger charge is 2.30. The highest BCUT2D eigenvalue weighted by atomic mass is 19.4. The van der Waals surface area contributed by atoms with Crippen LogP contribution in [0.15, 0.2) is 75.8 Å². The predicted molar refractivity (Wildman–Crippen MR) is 90.9 cm³/mol. The van der Waals surface area contributed by atoms with E-state index in [1.165, 1.54) is 42.7 Å². The maximum absolute atomic E-state index is 12.8. The lowest BCUT2D eigenvalue weighted by atomic mass is 10.1. The smallest absolute Gasteiger partial charge is 0.416 e. The van der Waals surface area contributed by atoms with E-state index in [0.29, 0.717) is 17.1 Å². The van der Waals surface area contributed by atoms with Crippen molar-refractivity contribution in [2.45, 2.75) is 6.18 Å². The van der Waals surface area contributed by atoms with E-state index in [9.17, 15) is 18.0 Å². The van der Waals surface area contributed by atoms with Crippen LogP contribution in [0.5, 0.6) is 0 Å². The summed E-state index contributed by atoms with van der Waals surface area (Å²) in [6.45, 7) is 0. The molecule has 0 unspecified atom stereocenters. The van der Waals surface area contributed by atoms with E-state index in [1.807, 2.05) is 0 Å². The van der Waals surface area contributed by atoms with Crippen LogP contribution in [-0.2, 0) is 11.0 Å². The van der Waals surface area contributed by atoms with Crippen LogP contribution < -0.4 is 0 Å². The number of allylic oxidation sites excluding steroid dienone is 2. The van der Waals surface area contributed by atoms with E-state index in [0.717, 1.165) is 12.1 Å². The Bertz CT molecular complexity index is 945. The van der Waals surface area contributed by atoms with Gasteiger partial charge in [-0.15, -0.1) is 0 Å². The summed E-state index contributed by atoms with van der Waals surface area (Å²) in [6, 6.07) is 11.4. The first-order valence-electron chi connectivity index (χ1n) is 7.63. The average molecular weight is 358 g/mol. The highest BCUT2D eigenvalue weighted by molar-refractivity contribution is 6.04.